The minimum absolute atomic E-state index is 0.147. The van der Waals surface area contributed by atoms with Gasteiger partial charge in [0.1, 0.15) is 6.29 Å². The third-order valence-corrected chi connectivity index (χ3v) is 4.76. The summed E-state index contributed by atoms with van der Waals surface area (Å²) in [4.78, 5) is 10.8. The van der Waals surface area contributed by atoms with Crippen LogP contribution in [0.3, 0.4) is 0 Å². The second-order valence-electron chi connectivity index (χ2n) is 7.30. The molecule has 3 nitrogen and oxygen atoms in total. The molecule has 1 fully saturated rings. The summed E-state index contributed by atoms with van der Waals surface area (Å²) in [7, 11) is 0. The smallest absolute Gasteiger partial charge is 0.163 e. The van der Waals surface area contributed by atoms with E-state index in [4.69, 9.17) is 9.47 Å². The molecular weight excluding hydrogens is 288 g/mol. The van der Waals surface area contributed by atoms with Crippen LogP contribution in [0.1, 0.15) is 78.6 Å². The van der Waals surface area contributed by atoms with Gasteiger partial charge in [0.15, 0.2) is 5.79 Å². The maximum Gasteiger partial charge on any atom is 0.163 e. The molecule has 1 unspecified atom stereocenters. The molecule has 23 heavy (non-hydrogen) atoms. The first-order valence-corrected chi connectivity index (χ1v) is 9.23. The van der Waals surface area contributed by atoms with Crippen LogP contribution in [0, 0.1) is 0 Å². The fourth-order valence-electron chi connectivity index (χ4n) is 3.50. The molecule has 0 aromatic heterocycles. The van der Waals surface area contributed by atoms with Crippen LogP contribution in [0.2, 0.25) is 0 Å². The first-order valence-electron chi connectivity index (χ1n) is 9.23. The molecule has 0 spiro atoms. The van der Waals surface area contributed by atoms with Crippen LogP contribution < -0.4 is 0 Å². The van der Waals surface area contributed by atoms with Gasteiger partial charge in [-0.1, -0.05) is 56.8 Å². The number of rotatable bonds is 9. The summed E-state index contributed by atoms with van der Waals surface area (Å²) >= 11 is 0. The summed E-state index contributed by atoms with van der Waals surface area (Å²) < 4.78 is 12.3. The summed E-state index contributed by atoms with van der Waals surface area (Å²) in [5, 5.41) is 0. The van der Waals surface area contributed by atoms with Crippen LogP contribution in [0.5, 0.6) is 0 Å². The predicted molar refractivity (Wildman–Crippen MR) is 93.3 cm³/mol. The number of unbranched alkanes of at least 4 members (excludes halogenated alkanes) is 4. The monoisotopic (exact) mass is 320 g/mol. The molecule has 2 atom stereocenters. The summed E-state index contributed by atoms with van der Waals surface area (Å²) in [6, 6.07) is 0. The van der Waals surface area contributed by atoms with Crippen molar-refractivity contribution in [3.05, 3.63) is 23.3 Å². The molecule has 0 radical (unpaired) electrons. The lowest BCUT2D eigenvalue weighted by molar-refractivity contribution is -0.146. The van der Waals surface area contributed by atoms with Crippen LogP contribution in [-0.4, -0.2) is 24.3 Å². The summed E-state index contributed by atoms with van der Waals surface area (Å²) in [6.45, 7) is 6.27. The molecule has 3 heteroatoms. The standard InChI is InChI=1S/C20H32O3/c1-4-5-6-7-8-9-18-19(23-20(2,3)22-18)14-16-10-12-17(15-21)13-11-16/h10,12,15,18-19H,4-9,11,13-14H2,1-3H3/t18?,19-/m1/s1. The van der Waals surface area contributed by atoms with Gasteiger partial charge in [-0.2, -0.15) is 0 Å². The Morgan fingerprint density at radius 3 is 2.48 bits per heavy atom. The van der Waals surface area contributed by atoms with Gasteiger partial charge in [0.05, 0.1) is 12.2 Å². The van der Waals surface area contributed by atoms with Crippen molar-refractivity contribution in [3.8, 4) is 0 Å². The Kier molecular flexibility index (Phi) is 7.04. The van der Waals surface area contributed by atoms with Crippen molar-refractivity contribution in [2.45, 2.75) is 96.6 Å². The molecule has 0 amide bonds. The average molecular weight is 320 g/mol. The number of ether oxygens (including phenoxy) is 2. The quantitative estimate of drug-likeness (QED) is 0.438. The fraction of sp³-hybridized carbons (Fsp3) is 0.750. The largest absolute Gasteiger partial charge is 0.345 e. The van der Waals surface area contributed by atoms with Crippen LogP contribution >= 0.6 is 0 Å². The summed E-state index contributed by atoms with van der Waals surface area (Å²) in [6.07, 6.45) is 15.6. The zero-order chi connectivity index (χ0) is 16.7. The molecule has 0 aromatic rings. The highest BCUT2D eigenvalue weighted by atomic mass is 16.7. The van der Waals surface area contributed by atoms with Gasteiger partial charge in [-0.05, 0) is 45.1 Å². The van der Waals surface area contributed by atoms with Gasteiger partial charge in [0.2, 0.25) is 0 Å². The third kappa shape index (κ3) is 5.89. The van der Waals surface area contributed by atoms with Gasteiger partial charge in [0, 0.05) is 0 Å². The lowest BCUT2D eigenvalue weighted by atomic mass is 9.92. The Labute approximate surface area is 141 Å². The number of aldehydes is 1. The molecular formula is C20H32O3. The molecule has 2 aliphatic rings. The summed E-state index contributed by atoms with van der Waals surface area (Å²) in [5.41, 5.74) is 2.27. The van der Waals surface area contributed by atoms with E-state index < -0.39 is 5.79 Å². The maximum atomic E-state index is 10.8. The highest BCUT2D eigenvalue weighted by molar-refractivity contribution is 5.74. The predicted octanol–water partition coefficient (Wildman–Crippen LogP) is 5.10. The lowest BCUT2D eigenvalue weighted by Gasteiger charge is -2.20. The van der Waals surface area contributed by atoms with Crippen LogP contribution in [0.4, 0.5) is 0 Å². The zero-order valence-corrected chi connectivity index (χ0v) is 15.0. The number of carbonyl (C=O) groups is 1. The van der Waals surface area contributed by atoms with Crippen LogP contribution in [0.25, 0.3) is 0 Å². The number of carbonyl (C=O) groups excluding carboxylic acids is 1. The number of allylic oxidation sites excluding steroid dienone is 3. The Balaban J connectivity index is 1.86. The molecule has 130 valence electrons. The molecule has 0 saturated carbocycles. The van der Waals surface area contributed by atoms with E-state index in [0.717, 1.165) is 37.5 Å². The van der Waals surface area contributed by atoms with Crippen molar-refractivity contribution in [2.24, 2.45) is 0 Å². The van der Waals surface area contributed by atoms with E-state index in [-0.39, 0.29) is 12.2 Å². The molecule has 0 bridgehead atoms. The van der Waals surface area contributed by atoms with Gasteiger partial charge in [-0.15, -0.1) is 0 Å². The first kappa shape index (κ1) is 18.4. The molecule has 2 rings (SSSR count). The van der Waals surface area contributed by atoms with Gasteiger partial charge < -0.3 is 9.47 Å². The minimum atomic E-state index is -0.474. The fourth-order valence-corrected chi connectivity index (χ4v) is 3.50. The van der Waals surface area contributed by atoms with E-state index in [9.17, 15) is 4.79 Å². The molecule has 1 aliphatic carbocycles. The average Bonchev–Trinajstić information content (AvgIpc) is 2.82. The van der Waals surface area contributed by atoms with Gasteiger partial charge in [-0.25, -0.2) is 0 Å². The first-order chi connectivity index (χ1) is 11.0. The molecule has 0 N–H and O–H groups in total. The highest BCUT2D eigenvalue weighted by Crippen LogP contribution is 2.35. The zero-order valence-electron chi connectivity index (χ0n) is 15.0. The second-order valence-corrected chi connectivity index (χ2v) is 7.30. The van der Waals surface area contributed by atoms with Crippen molar-refractivity contribution in [2.75, 3.05) is 0 Å². The number of hydrogen-bond donors (Lipinski definition) is 0. The lowest BCUT2D eigenvalue weighted by Crippen LogP contribution is -2.23. The Hall–Kier alpha value is -0.930. The Morgan fingerprint density at radius 1 is 1.09 bits per heavy atom. The van der Waals surface area contributed by atoms with Crippen molar-refractivity contribution < 1.29 is 14.3 Å². The van der Waals surface area contributed by atoms with Gasteiger partial charge >= 0.3 is 0 Å². The van der Waals surface area contributed by atoms with E-state index in [1.54, 1.807) is 0 Å². The van der Waals surface area contributed by atoms with Crippen LogP contribution in [0.15, 0.2) is 23.3 Å². The topological polar surface area (TPSA) is 35.5 Å². The van der Waals surface area contributed by atoms with Crippen molar-refractivity contribution in [1.29, 1.82) is 0 Å². The summed E-state index contributed by atoms with van der Waals surface area (Å²) in [5.74, 6) is -0.474. The van der Waals surface area contributed by atoms with E-state index in [1.165, 1.54) is 37.7 Å². The second kappa shape index (κ2) is 8.79. The highest BCUT2D eigenvalue weighted by Gasteiger charge is 2.40. The van der Waals surface area contributed by atoms with Crippen molar-refractivity contribution in [3.63, 3.8) is 0 Å². The van der Waals surface area contributed by atoms with E-state index in [1.807, 2.05) is 19.9 Å². The van der Waals surface area contributed by atoms with E-state index in [0.29, 0.717) is 0 Å². The molecule has 1 heterocycles. The van der Waals surface area contributed by atoms with Crippen molar-refractivity contribution >= 4 is 6.29 Å². The third-order valence-electron chi connectivity index (χ3n) is 4.76. The SMILES string of the molecule is CCCCCCCC1OC(C)(C)O[C@@H]1CC1=CC=C(C=O)CC1. The Bertz CT molecular complexity index is 448. The van der Waals surface area contributed by atoms with E-state index in [2.05, 4.69) is 13.0 Å². The minimum Gasteiger partial charge on any atom is -0.345 e. The van der Waals surface area contributed by atoms with Gasteiger partial charge in [-0.3, -0.25) is 4.79 Å². The van der Waals surface area contributed by atoms with Crippen molar-refractivity contribution in [1.82, 2.24) is 0 Å². The van der Waals surface area contributed by atoms with Gasteiger partial charge in [0.25, 0.3) is 0 Å². The number of hydrogen-bond acceptors (Lipinski definition) is 3. The Morgan fingerprint density at radius 2 is 1.83 bits per heavy atom. The molecule has 1 saturated heterocycles. The normalized spacial score (nSPS) is 26.7. The molecule has 1 aliphatic heterocycles. The maximum absolute atomic E-state index is 10.8. The van der Waals surface area contributed by atoms with Crippen LogP contribution in [-0.2, 0) is 14.3 Å². The molecule has 0 aromatic carbocycles. The van der Waals surface area contributed by atoms with E-state index >= 15 is 0 Å².